The molecule has 1 N–H and O–H groups in total. The Morgan fingerprint density at radius 1 is 1.33 bits per heavy atom. The summed E-state index contributed by atoms with van der Waals surface area (Å²) in [4.78, 5) is 0. The molecule has 3 atom stereocenters. The highest BCUT2D eigenvalue weighted by Crippen LogP contribution is 2.22. The molecule has 0 heterocycles. The highest BCUT2D eigenvalue weighted by molar-refractivity contribution is 7.85. The van der Waals surface area contributed by atoms with Crippen molar-refractivity contribution in [2.75, 3.05) is 26.5 Å². The smallest absolute Gasteiger partial charge is 0.0577 e. The Bertz CT molecular complexity index is 199. The van der Waals surface area contributed by atoms with Gasteiger partial charge in [0, 0.05) is 29.7 Å². The molecule has 1 aliphatic rings. The summed E-state index contributed by atoms with van der Waals surface area (Å²) in [5.74, 6) is 0.680. The fraction of sp³-hybridized carbons (Fsp3) is 1.00. The van der Waals surface area contributed by atoms with Crippen molar-refractivity contribution in [1.82, 2.24) is 5.32 Å². The van der Waals surface area contributed by atoms with Crippen LogP contribution in [0.1, 0.15) is 32.1 Å². The first-order valence-electron chi connectivity index (χ1n) is 5.83. The Morgan fingerprint density at radius 2 is 2.07 bits per heavy atom. The van der Waals surface area contributed by atoms with E-state index < -0.39 is 10.8 Å². The van der Waals surface area contributed by atoms with E-state index in [4.69, 9.17) is 4.74 Å². The second-order valence-electron chi connectivity index (χ2n) is 4.15. The van der Waals surface area contributed by atoms with Crippen LogP contribution in [0.2, 0.25) is 0 Å². The first-order valence-corrected chi connectivity index (χ1v) is 7.21. The molecule has 0 spiro atoms. The molecule has 4 heteroatoms. The molecular formula is C11H23NO2S. The fourth-order valence-electron chi connectivity index (χ4n) is 2.24. The number of hydrogen-bond acceptors (Lipinski definition) is 3. The van der Waals surface area contributed by atoms with Gasteiger partial charge in [-0.2, -0.15) is 0 Å². The van der Waals surface area contributed by atoms with Crippen LogP contribution in [0.3, 0.4) is 0 Å². The second-order valence-corrected chi connectivity index (χ2v) is 5.92. The van der Waals surface area contributed by atoms with E-state index in [0.29, 0.717) is 23.7 Å². The van der Waals surface area contributed by atoms with E-state index in [1.54, 1.807) is 7.11 Å². The predicted octanol–water partition coefficient (Wildman–Crippen LogP) is 1.30. The standard InChI is InChI=1S/C11H23NO2S/c1-12-10-6-4-3-5-7-11(10)15(13)9-8-14-2/h10-12H,3-9H2,1-2H3. The molecule has 0 amide bonds. The Kier molecular flexibility index (Phi) is 6.45. The largest absolute Gasteiger partial charge is 0.384 e. The quantitative estimate of drug-likeness (QED) is 0.728. The highest BCUT2D eigenvalue weighted by Gasteiger charge is 2.26. The lowest BCUT2D eigenvalue weighted by molar-refractivity contribution is 0.217. The maximum atomic E-state index is 12.1. The first kappa shape index (κ1) is 13.1. The average molecular weight is 233 g/mol. The van der Waals surface area contributed by atoms with Crippen LogP contribution in [-0.2, 0) is 15.5 Å². The molecule has 1 aliphatic carbocycles. The molecule has 0 bridgehead atoms. The van der Waals surface area contributed by atoms with Crippen LogP contribution < -0.4 is 5.32 Å². The molecule has 0 aromatic heterocycles. The van der Waals surface area contributed by atoms with Gasteiger partial charge in [0.1, 0.15) is 0 Å². The lowest BCUT2D eigenvalue weighted by atomic mass is 10.1. The summed E-state index contributed by atoms with van der Waals surface area (Å²) in [6.45, 7) is 0.611. The van der Waals surface area contributed by atoms with Crippen molar-refractivity contribution in [2.45, 2.75) is 43.4 Å². The van der Waals surface area contributed by atoms with Crippen LogP contribution >= 0.6 is 0 Å². The van der Waals surface area contributed by atoms with Crippen LogP contribution in [0.25, 0.3) is 0 Å². The summed E-state index contributed by atoms with van der Waals surface area (Å²) in [6, 6.07) is 0.435. The zero-order chi connectivity index (χ0) is 11.1. The van der Waals surface area contributed by atoms with E-state index in [0.717, 1.165) is 6.42 Å². The van der Waals surface area contributed by atoms with Crippen LogP contribution in [-0.4, -0.2) is 42.0 Å². The van der Waals surface area contributed by atoms with Crippen molar-refractivity contribution in [3.05, 3.63) is 0 Å². The molecule has 0 aliphatic heterocycles. The van der Waals surface area contributed by atoms with Gasteiger partial charge in [-0.3, -0.25) is 4.21 Å². The number of nitrogens with one attached hydrogen (secondary N) is 1. The zero-order valence-corrected chi connectivity index (χ0v) is 10.6. The molecule has 0 saturated heterocycles. The van der Waals surface area contributed by atoms with Crippen LogP contribution in [0.5, 0.6) is 0 Å². The van der Waals surface area contributed by atoms with E-state index in [-0.39, 0.29) is 0 Å². The molecule has 90 valence electrons. The monoisotopic (exact) mass is 233 g/mol. The molecule has 1 fully saturated rings. The van der Waals surface area contributed by atoms with Gasteiger partial charge in [-0.25, -0.2) is 0 Å². The highest BCUT2D eigenvalue weighted by atomic mass is 32.2. The van der Waals surface area contributed by atoms with Crippen molar-refractivity contribution in [1.29, 1.82) is 0 Å². The fourth-order valence-corrected chi connectivity index (χ4v) is 3.94. The second kappa shape index (κ2) is 7.36. The number of ether oxygens (including phenoxy) is 1. The third kappa shape index (κ3) is 4.21. The molecule has 0 aromatic carbocycles. The number of rotatable bonds is 5. The van der Waals surface area contributed by atoms with Crippen molar-refractivity contribution in [3.63, 3.8) is 0 Å². The van der Waals surface area contributed by atoms with Crippen LogP contribution in [0, 0.1) is 0 Å². The van der Waals surface area contributed by atoms with E-state index in [1.165, 1.54) is 25.7 Å². The third-order valence-electron chi connectivity index (χ3n) is 3.15. The predicted molar refractivity (Wildman–Crippen MR) is 64.6 cm³/mol. The van der Waals surface area contributed by atoms with E-state index >= 15 is 0 Å². The zero-order valence-electron chi connectivity index (χ0n) is 9.83. The van der Waals surface area contributed by atoms with Gasteiger partial charge < -0.3 is 10.1 Å². The summed E-state index contributed by atoms with van der Waals surface area (Å²) in [5.41, 5.74) is 0. The molecule has 0 aromatic rings. The Morgan fingerprint density at radius 3 is 2.73 bits per heavy atom. The molecule has 1 saturated carbocycles. The average Bonchev–Trinajstić information content (AvgIpc) is 2.50. The summed E-state index contributed by atoms with van der Waals surface area (Å²) in [7, 11) is 2.91. The van der Waals surface area contributed by atoms with Gasteiger partial charge in [0.05, 0.1) is 11.9 Å². The van der Waals surface area contributed by atoms with E-state index in [1.807, 2.05) is 7.05 Å². The maximum Gasteiger partial charge on any atom is 0.0577 e. The maximum absolute atomic E-state index is 12.1. The van der Waals surface area contributed by atoms with Gasteiger partial charge in [0.2, 0.25) is 0 Å². The minimum Gasteiger partial charge on any atom is -0.384 e. The minimum absolute atomic E-state index is 0.327. The molecule has 3 unspecified atom stereocenters. The molecule has 15 heavy (non-hydrogen) atoms. The van der Waals surface area contributed by atoms with Crippen LogP contribution in [0.4, 0.5) is 0 Å². The molecular weight excluding hydrogens is 210 g/mol. The summed E-state index contributed by atoms with van der Waals surface area (Å²) in [5, 5.41) is 3.64. The Hall–Kier alpha value is 0.0700. The molecule has 0 radical (unpaired) electrons. The van der Waals surface area contributed by atoms with Gasteiger partial charge in [-0.1, -0.05) is 19.3 Å². The van der Waals surface area contributed by atoms with Gasteiger partial charge in [-0.15, -0.1) is 0 Å². The Balaban J connectivity index is 2.49. The normalized spacial score (nSPS) is 29.7. The van der Waals surface area contributed by atoms with E-state index in [2.05, 4.69) is 5.32 Å². The van der Waals surface area contributed by atoms with Gasteiger partial charge >= 0.3 is 0 Å². The molecule has 1 rings (SSSR count). The van der Waals surface area contributed by atoms with Crippen molar-refractivity contribution in [3.8, 4) is 0 Å². The summed E-state index contributed by atoms with van der Waals surface area (Å²) in [6.07, 6.45) is 6.04. The van der Waals surface area contributed by atoms with E-state index in [9.17, 15) is 4.21 Å². The van der Waals surface area contributed by atoms with Crippen molar-refractivity contribution < 1.29 is 8.95 Å². The summed E-state index contributed by atoms with van der Waals surface area (Å²) >= 11 is 0. The van der Waals surface area contributed by atoms with Crippen molar-refractivity contribution in [2.24, 2.45) is 0 Å². The lowest BCUT2D eigenvalue weighted by Crippen LogP contribution is -2.40. The Labute approximate surface area is 95.4 Å². The minimum atomic E-state index is -0.735. The molecule has 3 nitrogen and oxygen atoms in total. The number of hydrogen-bond donors (Lipinski definition) is 1. The van der Waals surface area contributed by atoms with Crippen LogP contribution in [0.15, 0.2) is 0 Å². The SMILES string of the molecule is CNC1CCCCCC1S(=O)CCOC. The van der Waals surface area contributed by atoms with Gasteiger partial charge in [0.25, 0.3) is 0 Å². The van der Waals surface area contributed by atoms with Crippen molar-refractivity contribution >= 4 is 10.8 Å². The third-order valence-corrected chi connectivity index (χ3v) is 4.96. The first-order chi connectivity index (χ1) is 7.29. The number of methoxy groups -OCH3 is 1. The van der Waals surface area contributed by atoms with Gasteiger partial charge in [-0.05, 0) is 19.9 Å². The topological polar surface area (TPSA) is 38.3 Å². The summed E-state index contributed by atoms with van der Waals surface area (Å²) < 4.78 is 17.1. The lowest BCUT2D eigenvalue weighted by Gasteiger charge is -2.23. The van der Waals surface area contributed by atoms with Gasteiger partial charge in [0.15, 0.2) is 0 Å².